The van der Waals surface area contributed by atoms with Gasteiger partial charge in [0.15, 0.2) is 0 Å². The Morgan fingerprint density at radius 1 is 1.27 bits per heavy atom. The molecule has 1 saturated heterocycles. The predicted molar refractivity (Wildman–Crippen MR) is 93.1 cm³/mol. The van der Waals surface area contributed by atoms with Crippen molar-refractivity contribution in [1.29, 1.82) is 0 Å². The Balaban J connectivity index is 2.10. The highest BCUT2D eigenvalue weighted by atomic mass is 19.1. The van der Waals surface area contributed by atoms with Crippen molar-refractivity contribution in [3.05, 3.63) is 39.4 Å². The molecule has 0 atom stereocenters. The first-order valence-corrected chi connectivity index (χ1v) is 8.26. The van der Waals surface area contributed by atoms with Crippen molar-refractivity contribution in [3.63, 3.8) is 0 Å². The van der Waals surface area contributed by atoms with Crippen LogP contribution < -0.4 is 20.7 Å². The monoisotopic (exact) mass is 360 g/mol. The summed E-state index contributed by atoms with van der Waals surface area (Å²) in [6.45, 7) is 2.54. The van der Waals surface area contributed by atoms with Crippen LogP contribution in [0.5, 0.6) is 0 Å². The predicted octanol–water partition coefficient (Wildman–Crippen LogP) is -0.101. The van der Waals surface area contributed by atoms with Crippen molar-refractivity contribution >= 4 is 28.5 Å². The third-order valence-corrected chi connectivity index (χ3v) is 4.97. The number of nitrogens with one attached hydrogen (secondary N) is 1. The van der Waals surface area contributed by atoms with Crippen LogP contribution in [0.4, 0.5) is 10.1 Å². The maximum atomic E-state index is 15.0. The van der Waals surface area contributed by atoms with E-state index in [0.29, 0.717) is 42.9 Å². The summed E-state index contributed by atoms with van der Waals surface area (Å²) in [4.78, 5) is 38.2. The van der Waals surface area contributed by atoms with E-state index in [0.717, 1.165) is 12.3 Å². The number of rotatable bonds is 2. The molecule has 4 rings (SSSR count). The number of hydrogen-bond acceptors (Lipinski definition) is 5. The molecule has 0 unspecified atom stereocenters. The van der Waals surface area contributed by atoms with Gasteiger partial charge in [0.25, 0.3) is 0 Å². The van der Waals surface area contributed by atoms with E-state index in [9.17, 15) is 23.9 Å². The standard InChI is InChI=1S/C17H17FN4O4/c1-20-13(23)7-9-14-10(16(24)11(17(25)26)8-22(14)20)6-12(18)15(9)21-4-2-19-3-5-21/h6,8,19H,2-5,7H2,1H3,(H,25,26). The molecule has 2 aliphatic rings. The van der Waals surface area contributed by atoms with Crippen LogP contribution in [0, 0.1) is 5.82 Å². The van der Waals surface area contributed by atoms with Crippen LogP contribution in [0.2, 0.25) is 0 Å². The Hall–Kier alpha value is -2.94. The quantitative estimate of drug-likeness (QED) is 0.777. The molecule has 9 heteroatoms. The first-order chi connectivity index (χ1) is 12.4. The van der Waals surface area contributed by atoms with Gasteiger partial charge in [0, 0.05) is 45.0 Å². The second-order valence-corrected chi connectivity index (χ2v) is 6.43. The first kappa shape index (κ1) is 16.5. The number of aromatic carboxylic acids is 1. The second-order valence-electron chi connectivity index (χ2n) is 6.43. The lowest BCUT2D eigenvalue weighted by molar-refractivity contribution is -0.119. The Morgan fingerprint density at radius 3 is 2.62 bits per heavy atom. The average molecular weight is 360 g/mol. The van der Waals surface area contributed by atoms with Crippen LogP contribution >= 0.6 is 0 Å². The highest BCUT2D eigenvalue weighted by Gasteiger charge is 2.31. The smallest absolute Gasteiger partial charge is 0.341 e. The van der Waals surface area contributed by atoms with Gasteiger partial charge in [0.2, 0.25) is 11.3 Å². The summed E-state index contributed by atoms with van der Waals surface area (Å²) in [6.07, 6.45) is 1.09. The van der Waals surface area contributed by atoms with Crippen LogP contribution in [-0.2, 0) is 11.2 Å². The normalized spacial score (nSPS) is 17.1. The summed E-state index contributed by atoms with van der Waals surface area (Å²) < 4.78 is 16.3. The molecular weight excluding hydrogens is 343 g/mol. The number of aromatic nitrogens is 1. The summed E-state index contributed by atoms with van der Waals surface area (Å²) >= 11 is 0. The SMILES string of the molecule is CN1C(=O)Cc2c(N3CCNCC3)c(F)cc3c(=O)c(C(=O)O)cn1c23. The molecule has 1 amide bonds. The average Bonchev–Trinajstić information content (AvgIpc) is 2.61. The van der Waals surface area contributed by atoms with E-state index in [-0.39, 0.29) is 17.7 Å². The lowest BCUT2D eigenvalue weighted by Gasteiger charge is -2.35. The zero-order chi connectivity index (χ0) is 18.6. The van der Waals surface area contributed by atoms with E-state index < -0.39 is 22.8 Å². The molecule has 0 bridgehead atoms. The fourth-order valence-electron chi connectivity index (χ4n) is 3.68. The number of likely N-dealkylation sites (N-methyl/N-ethyl adjacent to an activating group) is 1. The van der Waals surface area contributed by atoms with Gasteiger partial charge in [-0.25, -0.2) is 9.18 Å². The molecule has 0 saturated carbocycles. The van der Waals surface area contributed by atoms with Crippen LogP contribution in [0.25, 0.3) is 10.9 Å². The lowest BCUT2D eigenvalue weighted by atomic mass is 9.99. The summed E-state index contributed by atoms with van der Waals surface area (Å²) in [7, 11) is 1.49. The van der Waals surface area contributed by atoms with Gasteiger partial charge in [-0.3, -0.25) is 19.3 Å². The van der Waals surface area contributed by atoms with Gasteiger partial charge in [-0.1, -0.05) is 0 Å². The second kappa shape index (κ2) is 5.80. The number of carbonyl (C=O) groups excluding carboxylic acids is 1. The molecule has 1 aromatic carbocycles. The van der Waals surface area contributed by atoms with Crippen molar-refractivity contribution < 1.29 is 19.1 Å². The fourth-order valence-corrected chi connectivity index (χ4v) is 3.68. The van der Waals surface area contributed by atoms with E-state index in [2.05, 4.69) is 5.32 Å². The Labute approximate surface area is 147 Å². The number of benzene rings is 1. The number of anilines is 1. The number of halogens is 1. The Morgan fingerprint density at radius 2 is 1.96 bits per heavy atom. The number of piperazine rings is 1. The van der Waals surface area contributed by atoms with Gasteiger partial charge in [0.1, 0.15) is 11.4 Å². The summed E-state index contributed by atoms with van der Waals surface area (Å²) in [6, 6.07) is 1.09. The molecule has 26 heavy (non-hydrogen) atoms. The number of hydrogen-bond donors (Lipinski definition) is 2. The zero-order valence-electron chi connectivity index (χ0n) is 14.1. The van der Waals surface area contributed by atoms with E-state index in [1.165, 1.54) is 16.7 Å². The molecule has 136 valence electrons. The number of nitrogens with zero attached hydrogens (tertiary/aromatic N) is 3. The molecule has 0 aliphatic carbocycles. The number of carbonyl (C=O) groups is 2. The molecule has 2 aromatic rings. The molecule has 2 aliphatic heterocycles. The van der Waals surface area contributed by atoms with Crippen molar-refractivity contribution in [2.75, 3.05) is 43.1 Å². The summed E-state index contributed by atoms with van der Waals surface area (Å²) in [5.41, 5.74) is -0.120. The van der Waals surface area contributed by atoms with Gasteiger partial charge in [0.05, 0.1) is 23.0 Å². The van der Waals surface area contributed by atoms with Crippen LogP contribution in [0.15, 0.2) is 17.1 Å². The van der Waals surface area contributed by atoms with Crippen molar-refractivity contribution in [3.8, 4) is 0 Å². The van der Waals surface area contributed by atoms with Crippen LogP contribution in [-0.4, -0.2) is 54.9 Å². The number of amides is 1. The minimum absolute atomic E-state index is 0.0318. The van der Waals surface area contributed by atoms with E-state index >= 15 is 0 Å². The topological polar surface area (TPSA) is 94.9 Å². The molecule has 8 nitrogen and oxygen atoms in total. The highest BCUT2D eigenvalue weighted by Crippen LogP contribution is 2.34. The van der Waals surface area contributed by atoms with E-state index in [1.54, 1.807) is 0 Å². The minimum atomic E-state index is -1.42. The fraction of sp³-hybridized carbons (Fsp3) is 0.353. The van der Waals surface area contributed by atoms with Gasteiger partial charge in [-0.15, -0.1) is 0 Å². The van der Waals surface area contributed by atoms with Gasteiger partial charge in [-0.2, -0.15) is 0 Å². The maximum Gasteiger partial charge on any atom is 0.341 e. The van der Waals surface area contributed by atoms with Crippen LogP contribution in [0.1, 0.15) is 15.9 Å². The molecule has 0 radical (unpaired) electrons. The van der Waals surface area contributed by atoms with Gasteiger partial charge in [-0.05, 0) is 6.07 Å². The lowest BCUT2D eigenvalue weighted by Crippen LogP contribution is -2.46. The van der Waals surface area contributed by atoms with Crippen molar-refractivity contribution in [2.45, 2.75) is 6.42 Å². The van der Waals surface area contributed by atoms with E-state index in [1.807, 2.05) is 4.90 Å². The third-order valence-electron chi connectivity index (χ3n) is 4.97. The molecule has 2 N–H and O–H groups in total. The first-order valence-electron chi connectivity index (χ1n) is 8.26. The van der Waals surface area contributed by atoms with Crippen LogP contribution in [0.3, 0.4) is 0 Å². The molecule has 1 aromatic heterocycles. The number of carboxylic acids is 1. The highest BCUT2D eigenvalue weighted by molar-refractivity contribution is 6.02. The zero-order valence-corrected chi connectivity index (χ0v) is 14.1. The third kappa shape index (κ3) is 2.27. The number of carboxylic acid groups (broad SMARTS) is 1. The summed E-state index contributed by atoms with van der Waals surface area (Å²) in [5.74, 6) is -2.33. The summed E-state index contributed by atoms with van der Waals surface area (Å²) in [5, 5.41) is 13.7. The van der Waals surface area contributed by atoms with Crippen molar-refractivity contribution in [1.82, 2.24) is 9.99 Å². The van der Waals surface area contributed by atoms with Gasteiger partial charge < -0.3 is 15.3 Å². The Kier molecular flexibility index (Phi) is 3.69. The molecule has 3 heterocycles. The van der Waals surface area contributed by atoms with Crippen molar-refractivity contribution in [2.24, 2.45) is 0 Å². The molecule has 1 fully saturated rings. The Bertz CT molecular complexity index is 1010. The number of pyridine rings is 1. The maximum absolute atomic E-state index is 15.0. The minimum Gasteiger partial charge on any atom is -0.477 e. The largest absolute Gasteiger partial charge is 0.477 e. The molecular formula is C17H17FN4O4. The van der Waals surface area contributed by atoms with E-state index in [4.69, 9.17) is 0 Å². The van der Waals surface area contributed by atoms with Gasteiger partial charge >= 0.3 is 5.97 Å². The molecule has 0 spiro atoms.